The highest BCUT2D eigenvalue weighted by Crippen LogP contribution is 2.26. The fraction of sp³-hybridized carbons (Fsp3) is 0.333. The van der Waals surface area contributed by atoms with E-state index in [2.05, 4.69) is 55.0 Å². The Morgan fingerprint density at radius 2 is 1.95 bits per heavy atom. The summed E-state index contributed by atoms with van der Waals surface area (Å²) < 4.78 is 0. The van der Waals surface area contributed by atoms with Crippen molar-refractivity contribution < 1.29 is 9.90 Å². The molecule has 0 aliphatic carbocycles. The van der Waals surface area contributed by atoms with E-state index in [9.17, 15) is 4.79 Å². The van der Waals surface area contributed by atoms with E-state index >= 15 is 0 Å². The van der Waals surface area contributed by atoms with Gasteiger partial charge in [0, 0.05) is 0 Å². The van der Waals surface area contributed by atoms with Crippen LogP contribution in [0.4, 0.5) is 0 Å². The number of hydrogen-bond donors (Lipinski definition) is 2. The van der Waals surface area contributed by atoms with Gasteiger partial charge in [0.05, 0.1) is 17.6 Å². The highest BCUT2D eigenvalue weighted by molar-refractivity contribution is 7.99. The molecule has 0 saturated carbocycles. The molecule has 0 aliphatic rings. The number of carbonyl (C=O) groups is 1. The van der Waals surface area contributed by atoms with Crippen molar-refractivity contribution in [2.24, 2.45) is 0 Å². The summed E-state index contributed by atoms with van der Waals surface area (Å²) in [4.78, 5) is 17.8. The van der Waals surface area contributed by atoms with Crippen molar-refractivity contribution in [1.29, 1.82) is 0 Å². The lowest BCUT2D eigenvalue weighted by Crippen LogP contribution is -2.10. The molecule has 0 fully saturated rings. The maximum atomic E-state index is 10.5. The van der Waals surface area contributed by atoms with E-state index < -0.39 is 5.97 Å². The van der Waals surface area contributed by atoms with Gasteiger partial charge in [-0.05, 0) is 16.5 Å². The van der Waals surface area contributed by atoms with Gasteiger partial charge in [-0.25, -0.2) is 4.98 Å². The first-order valence-electron chi connectivity index (χ1n) is 6.37. The lowest BCUT2D eigenvalue weighted by molar-refractivity contribution is -0.133. The minimum atomic E-state index is -0.845. The molecule has 4 nitrogen and oxygen atoms in total. The first-order valence-corrected chi connectivity index (χ1v) is 7.35. The van der Waals surface area contributed by atoms with Gasteiger partial charge in [0.25, 0.3) is 0 Å². The molecule has 0 atom stereocenters. The molecule has 5 heteroatoms. The van der Waals surface area contributed by atoms with Crippen LogP contribution >= 0.6 is 11.8 Å². The number of carboxylic acid groups (broad SMARTS) is 1. The van der Waals surface area contributed by atoms with E-state index in [1.54, 1.807) is 6.20 Å². The van der Waals surface area contributed by atoms with Crippen LogP contribution in [-0.4, -0.2) is 26.8 Å². The predicted octanol–water partition coefficient (Wildman–Crippen LogP) is 3.55. The normalized spacial score (nSPS) is 11.6. The van der Waals surface area contributed by atoms with Crippen molar-refractivity contribution in [3.63, 3.8) is 0 Å². The summed E-state index contributed by atoms with van der Waals surface area (Å²) in [5.74, 6) is -0.835. The van der Waals surface area contributed by atoms with Gasteiger partial charge in [-0.15, -0.1) is 0 Å². The number of benzene rings is 1. The zero-order valence-corrected chi connectivity index (χ0v) is 12.6. The summed E-state index contributed by atoms with van der Waals surface area (Å²) in [5.41, 5.74) is 3.36. The summed E-state index contributed by atoms with van der Waals surface area (Å²) in [7, 11) is 0. The number of H-pyrrole nitrogens is 1. The zero-order valence-electron chi connectivity index (χ0n) is 11.8. The Kier molecular flexibility index (Phi) is 4.18. The molecule has 2 rings (SSSR count). The molecule has 0 amide bonds. The predicted molar refractivity (Wildman–Crippen MR) is 81.1 cm³/mol. The highest BCUT2D eigenvalue weighted by Gasteiger charge is 2.13. The summed E-state index contributed by atoms with van der Waals surface area (Å²) >= 11 is 1.19. The van der Waals surface area contributed by atoms with Crippen LogP contribution < -0.4 is 0 Å². The number of nitrogens with zero attached hydrogens (tertiary/aromatic N) is 1. The van der Waals surface area contributed by atoms with Crippen molar-refractivity contribution in [3.8, 4) is 11.3 Å². The molecular weight excluding hydrogens is 272 g/mol. The van der Waals surface area contributed by atoms with E-state index in [0.717, 1.165) is 11.3 Å². The number of aliphatic carboxylic acids is 1. The van der Waals surface area contributed by atoms with Crippen molar-refractivity contribution >= 4 is 17.7 Å². The third-order valence-electron chi connectivity index (χ3n) is 2.95. The maximum absolute atomic E-state index is 10.5. The number of imidazole rings is 1. The van der Waals surface area contributed by atoms with E-state index in [-0.39, 0.29) is 11.2 Å². The number of rotatable bonds is 4. The Labute approximate surface area is 122 Å². The molecule has 106 valence electrons. The first-order chi connectivity index (χ1) is 9.36. The fourth-order valence-electron chi connectivity index (χ4n) is 1.80. The smallest absolute Gasteiger partial charge is 0.313 e. The summed E-state index contributed by atoms with van der Waals surface area (Å²) in [6.07, 6.45) is 1.73. The number of carboxylic acids is 1. The third-order valence-corrected chi connectivity index (χ3v) is 3.82. The number of thioether (sulfide) groups is 1. The minimum Gasteiger partial charge on any atom is -0.481 e. The number of aromatic nitrogens is 2. The summed E-state index contributed by atoms with van der Waals surface area (Å²) in [5, 5.41) is 9.27. The highest BCUT2D eigenvalue weighted by atomic mass is 32.2. The van der Waals surface area contributed by atoms with Crippen LogP contribution in [0.1, 0.15) is 26.3 Å². The monoisotopic (exact) mass is 290 g/mol. The van der Waals surface area contributed by atoms with Gasteiger partial charge >= 0.3 is 5.97 Å². The number of aromatic amines is 1. The molecule has 2 aromatic rings. The van der Waals surface area contributed by atoms with E-state index in [0.29, 0.717) is 5.16 Å². The van der Waals surface area contributed by atoms with Gasteiger partial charge in [0.1, 0.15) is 0 Å². The zero-order chi connectivity index (χ0) is 14.8. The van der Waals surface area contributed by atoms with Crippen LogP contribution in [0.15, 0.2) is 35.6 Å². The van der Waals surface area contributed by atoms with Crippen molar-refractivity contribution in [1.82, 2.24) is 9.97 Å². The lowest BCUT2D eigenvalue weighted by atomic mass is 9.86. The van der Waals surface area contributed by atoms with Gasteiger partial charge in [-0.3, -0.25) is 4.79 Å². The van der Waals surface area contributed by atoms with Gasteiger partial charge in [0.2, 0.25) is 0 Å². The van der Waals surface area contributed by atoms with Crippen LogP contribution in [0.25, 0.3) is 11.3 Å². The molecule has 1 heterocycles. The van der Waals surface area contributed by atoms with Crippen LogP contribution in [0.3, 0.4) is 0 Å². The molecule has 0 spiro atoms. The topological polar surface area (TPSA) is 66.0 Å². The van der Waals surface area contributed by atoms with Crippen molar-refractivity contribution in [2.45, 2.75) is 31.3 Å². The van der Waals surface area contributed by atoms with E-state index in [1.165, 1.54) is 17.3 Å². The second-order valence-electron chi connectivity index (χ2n) is 5.61. The molecule has 0 bridgehead atoms. The maximum Gasteiger partial charge on any atom is 0.313 e. The Morgan fingerprint density at radius 3 is 2.50 bits per heavy atom. The fourth-order valence-corrected chi connectivity index (χ4v) is 2.37. The van der Waals surface area contributed by atoms with Gasteiger partial charge in [0.15, 0.2) is 5.16 Å². The van der Waals surface area contributed by atoms with Gasteiger partial charge in [-0.1, -0.05) is 56.8 Å². The van der Waals surface area contributed by atoms with Crippen LogP contribution in [0.2, 0.25) is 0 Å². The first kappa shape index (κ1) is 14.7. The molecule has 20 heavy (non-hydrogen) atoms. The van der Waals surface area contributed by atoms with E-state index in [1.807, 2.05) is 0 Å². The number of hydrogen-bond acceptors (Lipinski definition) is 3. The number of nitrogens with one attached hydrogen (secondary N) is 1. The summed E-state index contributed by atoms with van der Waals surface area (Å²) in [6.45, 7) is 6.54. The second kappa shape index (κ2) is 5.71. The largest absolute Gasteiger partial charge is 0.481 e. The Balaban J connectivity index is 2.14. The Hall–Kier alpha value is -1.75. The second-order valence-corrected chi connectivity index (χ2v) is 6.58. The van der Waals surface area contributed by atoms with Gasteiger partial charge in [-0.2, -0.15) is 0 Å². The molecule has 0 radical (unpaired) electrons. The van der Waals surface area contributed by atoms with Crippen LogP contribution in [0.5, 0.6) is 0 Å². The van der Waals surface area contributed by atoms with Crippen LogP contribution in [-0.2, 0) is 10.2 Å². The Morgan fingerprint density at radius 1 is 1.30 bits per heavy atom. The average molecular weight is 290 g/mol. The SMILES string of the molecule is CC(C)(C)c1ccc(-c2cnc(SCC(=O)O)[nH]2)cc1. The van der Waals surface area contributed by atoms with Crippen molar-refractivity contribution in [3.05, 3.63) is 36.0 Å². The molecule has 0 unspecified atom stereocenters. The minimum absolute atomic E-state index is 0.00984. The molecule has 2 N–H and O–H groups in total. The molecule has 1 aromatic carbocycles. The van der Waals surface area contributed by atoms with Crippen molar-refractivity contribution in [2.75, 3.05) is 5.75 Å². The molecule has 0 aliphatic heterocycles. The average Bonchev–Trinajstić information content (AvgIpc) is 2.84. The summed E-state index contributed by atoms with van der Waals surface area (Å²) in [6, 6.07) is 8.33. The molecule has 0 saturated heterocycles. The quantitative estimate of drug-likeness (QED) is 0.845. The molecular formula is C15H18N2O2S. The molecule has 1 aromatic heterocycles. The van der Waals surface area contributed by atoms with Gasteiger partial charge < -0.3 is 10.1 Å². The van der Waals surface area contributed by atoms with Crippen LogP contribution in [0, 0.1) is 0 Å². The third kappa shape index (κ3) is 3.63. The lowest BCUT2D eigenvalue weighted by Gasteiger charge is -2.18. The standard InChI is InChI=1S/C15H18N2O2S/c1-15(2,3)11-6-4-10(5-7-11)12-8-16-14(17-12)20-9-13(18)19/h4-8H,9H2,1-3H3,(H,16,17)(H,18,19). The Bertz CT molecular complexity index is 597. The van der Waals surface area contributed by atoms with E-state index in [4.69, 9.17) is 5.11 Å².